The molecule has 0 atom stereocenters. The van der Waals surface area contributed by atoms with Crippen LogP contribution in [0.15, 0.2) is 48.9 Å². The maximum absolute atomic E-state index is 11.9. The van der Waals surface area contributed by atoms with E-state index in [0.29, 0.717) is 18.1 Å². The molecule has 0 aliphatic carbocycles. The van der Waals surface area contributed by atoms with Crippen LogP contribution in [0.4, 0.5) is 10.5 Å². The summed E-state index contributed by atoms with van der Waals surface area (Å²) in [7, 11) is 0. The number of urea groups is 1. The minimum atomic E-state index is -0.292. The molecule has 0 radical (unpaired) electrons. The molecule has 0 saturated heterocycles. The average molecular weight is 267 g/mol. The number of carbonyl (C=O) groups excluding carboxylic acids is 1. The smallest absolute Gasteiger partial charge is 0.319 e. The largest absolute Gasteiger partial charge is 0.347 e. The van der Waals surface area contributed by atoms with E-state index in [0.717, 1.165) is 10.9 Å². The highest BCUT2D eigenvalue weighted by molar-refractivity contribution is 5.99. The number of hydrogen-bond donors (Lipinski definition) is 3. The lowest BCUT2D eigenvalue weighted by Crippen LogP contribution is -2.28. The van der Waals surface area contributed by atoms with Gasteiger partial charge in [-0.15, -0.1) is 0 Å². The average Bonchev–Trinajstić information content (AvgIpc) is 2.99. The molecule has 0 unspecified atom stereocenters. The minimum Gasteiger partial charge on any atom is -0.347 e. The standard InChI is InChI=1S/C14H13N5O/c20-14(18-9-12-15-7-8-16-12)19-11-5-1-3-10-4-2-6-17-13(10)11/h1-8H,9H2,(H,15,16)(H2,18,19,20). The zero-order valence-electron chi connectivity index (χ0n) is 10.6. The van der Waals surface area contributed by atoms with Crippen molar-refractivity contribution in [3.63, 3.8) is 0 Å². The van der Waals surface area contributed by atoms with Crippen molar-refractivity contribution in [2.24, 2.45) is 0 Å². The first-order valence-corrected chi connectivity index (χ1v) is 6.20. The minimum absolute atomic E-state index is 0.292. The molecule has 0 bridgehead atoms. The first-order chi connectivity index (χ1) is 9.83. The van der Waals surface area contributed by atoms with Crippen molar-refractivity contribution in [2.75, 3.05) is 5.32 Å². The van der Waals surface area contributed by atoms with Gasteiger partial charge in [0.15, 0.2) is 0 Å². The predicted molar refractivity (Wildman–Crippen MR) is 76.2 cm³/mol. The Labute approximate surface area is 115 Å². The summed E-state index contributed by atoms with van der Waals surface area (Å²) in [5, 5.41) is 6.50. The van der Waals surface area contributed by atoms with Crippen LogP contribution in [0.25, 0.3) is 10.9 Å². The second-order valence-electron chi connectivity index (χ2n) is 4.22. The molecule has 20 heavy (non-hydrogen) atoms. The molecular weight excluding hydrogens is 254 g/mol. The number of fused-ring (bicyclic) bond motifs is 1. The number of carbonyl (C=O) groups is 1. The lowest BCUT2D eigenvalue weighted by Gasteiger charge is -2.08. The fourth-order valence-corrected chi connectivity index (χ4v) is 1.93. The van der Waals surface area contributed by atoms with E-state index in [4.69, 9.17) is 0 Å². The Morgan fingerprint density at radius 1 is 1.15 bits per heavy atom. The summed E-state index contributed by atoms with van der Waals surface area (Å²) in [4.78, 5) is 23.1. The number of rotatable bonds is 3. The Kier molecular flexibility index (Phi) is 3.28. The van der Waals surface area contributed by atoms with Crippen LogP contribution in [-0.4, -0.2) is 21.0 Å². The third kappa shape index (κ3) is 2.59. The molecular formula is C14H13N5O. The second-order valence-corrected chi connectivity index (χ2v) is 4.22. The number of nitrogens with zero attached hydrogens (tertiary/aromatic N) is 2. The van der Waals surface area contributed by atoms with Crippen LogP contribution in [0.5, 0.6) is 0 Å². The van der Waals surface area contributed by atoms with E-state index in [1.807, 2.05) is 30.3 Å². The van der Waals surface area contributed by atoms with E-state index < -0.39 is 0 Å². The maximum atomic E-state index is 11.9. The zero-order chi connectivity index (χ0) is 13.8. The predicted octanol–water partition coefficient (Wildman–Crippen LogP) is 2.28. The van der Waals surface area contributed by atoms with Crippen LogP contribution >= 0.6 is 0 Å². The summed E-state index contributed by atoms with van der Waals surface area (Å²) in [6.45, 7) is 0.344. The summed E-state index contributed by atoms with van der Waals surface area (Å²) in [6, 6.07) is 9.18. The van der Waals surface area contributed by atoms with Crippen LogP contribution in [-0.2, 0) is 6.54 Å². The Morgan fingerprint density at radius 2 is 2.05 bits per heavy atom. The van der Waals surface area contributed by atoms with E-state index in [1.54, 1.807) is 18.6 Å². The Bertz CT molecular complexity index is 718. The molecule has 3 aromatic rings. The van der Waals surface area contributed by atoms with Gasteiger partial charge in [-0.1, -0.05) is 18.2 Å². The van der Waals surface area contributed by atoms with E-state index in [9.17, 15) is 4.79 Å². The SMILES string of the molecule is O=C(NCc1ncc[nH]1)Nc1cccc2cccnc12. The number of para-hydroxylation sites is 1. The van der Waals surface area contributed by atoms with Crippen LogP contribution in [0, 0.1) is 0 Å². The number of benzene rings is 1. The van der Waals surface area contributed by atoms with Gasteiger partial charge in [-0.05, 0) is 12.1 Å². The molecule has 6 nitrogen and oxygen atoms in total. The lowest BCUT2D eigenvalue weighted by molar-refractivity contribution is 0.251. The van der Waals surface area contributed by atoms with E-state index >= 15 is 0 Å². The first-order valence-electron chi connectivity index (χ1n) is 6.20. The molecule has 100 valence electrons. The molecule has 0 aliphatic heterocycles. The van der Waals surface area contributed by atoms with Crippen molar-refractivity contribution in [3.8, 4) is 0 Å². The normalized spacial score (nSPS) is 10.4. The van der Waals surface area contributed by atoms with Gasteiger partial charge in [0.25, 0.3) is 0 Å². The van der Waals surface area contributed by atoms with Gasteiger partial charge in [0, 0.05) is 24.0 Å². The Hall–Kier alpha value is -2.89. The van der Waals surface area contributed by atoms with Gasteiger partial charge in [0.05, 0.1) is 17.7 Å². The fraction of sp³-hybridized carbons (Fsp3) is 0.0714. The summed E-state index contributed by atoms with van der Waals surface area (Å²) < 4.78 is 0. The van der Waals surface area contributed by atoms with Gasteiger partial charge in [-0.3, -0.25) is 4.98 Å². The number of amides is 2. The summed E-state index contributed by atoms with van der Waals surface area (Å²) in [6.07, 6.45) is 5.06. The number of hydrogen-bond acceptors (Lipinski definition) is 3. The summed E-state index contributed by atoms with van der Waals surface area (Å²) in [5.74, 6) is 0.705. The highest BCUT2D eigenvalue weighted by Crippen LogP contribution is 2.20. The molecule has 2 aromatic heterocycles. The number of H-pyrrole nitrogens is 1. The molecule has 0 saturated carbocycles. The number of aromatic nitrogens is 3. The quantitative estimate of drug-likeness (QED) is 0.680. The molecule has 6 heteroatoms. The van der Waals surface area contributed by atoms with Crippen molar-refractivity contribution < 1.29 is 4.79 Å². The van der Waals surface area contributed by atoms with E-state index in [1.165, 1.54) is 0 Å². The zero-order valence-corrected chi connectivity index (χ0v) is 10.6. The van der Waals surface area contributed by atoms with Crippen molar-refractivity contribution in [1.82, 2.24) is 20.3 Å². The van der Waals surface area contributed by atoms with Crippen molar-refractivity contribution in [3.05, 3.63) is 54.7 Å². The number of pyridine rings is 1. The molecule has 0 spiro atoms. The third-order valence-electron chi connectivity index (χ3n) is 2.85. The second kappa shape index (κ2) is 5.40. The number of nitrogens with one attached hydrogen (secondary N) is 3. The highest BCUT2D eigenvalue weighted by Gasteiger charge is 2.06. The monoisotopic (exact) mass is 267 g/mol. The molecule has 0 aliphatic rings. The number of aromatic amines is 1. The van der Waals surface area contributed by atoms with Crippen LogP contribution in [0.3, 0.4) is 0 Å². The number of imidazole rings is 1. The van der Waals surface area contributed by atoms with Gasteiger partial charge >= 0.3 is 6.03 Å². The van der Waals surface area contributed by atoms with Gasteiger partial charge in [-0.25, -0.2) is 9.78 Å². The molecule has 1 aromatic carbocycles. The molecule has 2 amide bonds. The van der Waals surface area contributed by atoms with Gasteiger partial charge in [0.1, 0.15) is 5.82 Å². The Balaban J connectivity index is 1.71. The van der Waals surface area contributed by atoms with Crippen LogP contribution < -0.4 is 10.6 Å². The fourth-order valence-electron chi connectivity index (χ4n) is 1.93. The maximum Gasteiger partial charge on any atom is 0.319 e. The summed E-state index contributed by atoms with van der Waals surface area (Å²) >= 11 is 0. The molecule has 0 fully saturated rings. The van der Waals surface area contributed by atoms with Crippen LogP contribution in [0.1, 0.15) is 5.82 Å². The highest BCUT2D eigenvalue weighted by atomic mass is 16.2. The van der Waals surface area contributed by atoms with Crippen molar-refractivity contribution in [2.45, 2.75) is 6.54 Å². The summed E-state index contributed by atoms with van der Waals surface area (Å²) in [5.41, 5.74) is 1.45. The Morgan fingerprint density at radius 3 is 2.90 bits per heavy atom. The molecule has 2 heterocycles. The van der Waals surface area contributed by atoms with Gasteiger partial charge in [-0.2, -0.15) is 0 Å². The lowest BCUT2D eigenvalue weighted by atomic mass is 10.2. The van der Waals surface area contributed by atoms with E-state index in [2.05, 4.69) is 25.6 Å². The van der Waals surface area contributed by atoms with Gasteiger partial charge < -0.3 is 15.6 Å². The molecule has 3 rings (SSSR count). The third-order valence-corrected chi connectivity index (χ3v) is 2.85. The van der Waals surface area contributed by atoms with Crippen LogP contribution in [0.2, 0.25) is 0 Å². The van der Waals surface area contributed by atoms with Crippen molar-refractivity contribution >= 4 is 22.6 Å². The van der Waals surface area contributed by atoms with Gasteiger partial charge in [0.2, 0.25) is 0 Å². The topological polar surface area (TPSA) is 82.7 Å². The first kappa shape index (κ1) is 12.2. The van der Waals surface area contributed by atoms with E-state index in [-0.39, 0.29) is 6.03 Å². The van der Waals surface area contributed by atoms with Crippen molar-refractivity contribution in [1.29, 1.82) is 0 Å². The molecule has 3 N–H and O–H groups in total. The number of anilines is 1.